The van der Waals surface area contributed by atoms with E-state index in [1.165, 1.54) is 30.2 Å². The Kier molecular flexibility index (Phi) is 6.35. The van der Waals surface area contributed by atoms with Gasteiger partial charge in [-0.3, -0.25) is 4.79 Å². The zero-order valence-corrected chi connectivity index (χ0v) is 15.9. The highest BCUT2D eigenvalue weighted by Crippen LogP contribution is 2.24. The van der Waals surface area contributed by atoms with E-state index in [-0.39, 0.29) is 5.56 Å². The number of sulfonamides is 1. The van der Waals surface area contributed by atoms with Crippen LogP contribution in [0.15, 0.2) is 23.1 Å². The van der Waals surface area contributed by atoms with Crippen molar-refractivity contribution in [1.82, 2.24) is 9.21 Å². The van der Waals surface area contributed by atoms with Crippen molar-refractivity contribution in [3.8, 4) is 0 Å². The van der Waals surface area contributed by atoms with Crippen LogP contribution in [0.1, 0.15) is 36.5 Å². The molecule has 7 nitrogen and oxygen atoms in total. The minimum Gasteiger partial charge on any atom is -0.449 e. The second-order valence-electron chi connectivity index (χ2n) is 6.39. The molecule has 1 heterocycles. The van der Waals surface area contributed by atoms with Gasteiger partial charge in [-0.15, -0.1) is 0 Å². The van der Waals surface area contributed by atoms with Gasteiger partial charge in [-0.05, 0) is 38.0 Å². The van der Waals surface area contributed by atoms with Gasteiger partial charge in [-0.25, -0.2) is 17.6 Å². The lowest BCUT2D eigenvalue weighted by Crippen LogP contribution is -2.36. The van der Waals surface area contributed by atoms with Gasteiger partial charge in [0.05, 0.1) is 5.56 Å². The van der Waals surface area contributed by atoms with Gasteiger partial charge >= 0.3 is 5.97 Å². The van der Waals surface area contributed by atoms with Gasteiger partial charge in [-0.1, -0.05) is 6.42 Å². The van der Waals surface area contributed by atoms with E-state index in [1.807, 2.05) is 0 Å². The number of piperidine rings is 1. The van der Waals surface area contributed by atoms with Gasteiger partial charge in [0.25, 0.3) is 5.91 Å². The zero-order chi connectivity index (χ0) is 19.5. The molecule has 9 heteroatoms. The van der Waals surface area contributed by atoms with E-state index < -0.39 is 38.7 Å². The first-order chi connectivity index (χ1) is 12.1. The van der Waals surface area contributed by atoms with Crippen LogP contribution in [0.25, 0.3) is 0 Å². The molecule has 1 aliphatic heterocycles. The van der Waals surface area contributed by atoms with Crippen LogP contribution in [0, 0.1) is 5.82 Å². The molecule has 1 aromatic rings. The summed E-state index contributed by atoms with van der Waals surface area (Å²) in [7, 11) is -0.988. The molecule has 0 N–H and O–H groups in total. The van der Waals surface area contributed by atoms with Crippen molar-refractivity contribution in [2.45, 2.75) is 37.2 Å². The summed E-state index contributed by atoms with van der Waals surface area (Å²) in [6.45, 7) is 2.06. The molecule has 1 fully saturated rings. The van der Waals surface area contributed by atoms with E-state index in [4.69, 9.17) is 4.74 Å². The molecule has 1 aromatic carbocycles. The highest BCUT2D eigenvalue weighted by Gasteiger charge is 2.30. The molecule has 1 saturated heterocycles. The third-order valence-electron chi connectivity index (χ3n) is 4.17. The number of halogens is 1. The summed E-state index contributed by atoms with van der Waals surface area (Å²) in [5.41, 5.74) is -0.125. The smallest absolute Gasteiger partial charge is 0.338 e. The molecule has 26 heavy (non-hydrogen) atoms. The molecule has 0 aliphatic carbocycles. The molecule has 1 atom stereocenters. The summed E-state index contributed by atoms with van der Waals surface area (Å²) < 4.78 is 45.8. The highest BCUT2D eigenvalue weighted by molar-refractivity contribution is 7.89. The van der Waals surface area contributed by atoms with E-state index in [0.717, 1.165) is 24.6 Å². The van der Waals surface area contributed by atoms with Crippen molar-refractivity contribution in [3.63, 3.8) is 0 Å². The third kappa shape index (κ3) is 4.39. The van der Waals surface area contributed by atoms with E-state index in [0.29, 0.717) is 25.9 Å². The molecule has 1 unspecified atom stereocenters. The van der Waals surface area contributed by atoms with Gasteiger partial charge in [0.15, 0.2) is 6.10 Å². The van der Waals surface area contributed by atoms with Crippen LogP contribution in [0.5, 0.6) is 0 Å². The maximum atomic E-state index is 14.2. The SMILES string of the molecule is CC(OC(=O)c1ccc(F)c(S(=O)(=O)N2CCCCC2)c1)C(=O)N(C)C. The van der Waals surface area contributed by atoms with Crippen LogP contribution in [0.3, 0.4) is 0 Å². The first-order valence-electron chi connectivity index (χ1n) is 8.36. The van der Waals surface area contributed by atoms with E-state index in [2.05, 4.69) is 0 Å². The average molecular weight is 386 g/mol. The summed E-state index contributed by atoms with van der Waals surface area (Å²) in [4.78, 5) is 24.7. The van der Waals surface area contributed by atoms with Crippen LogP contribution in [0.4, 0.5) is 4.39 Å². The standard InChI is InChI=1S/C17H23FN2O5S/c1-12(16(21)19(2)3)25-17(22)13-7-8-14(18)15(11-13)26(23,24)20-9-5-4-6-10-20/h7-8,11-12H,4-6,9-10H2,1-3H3. The lowest BCUT2D eigenvalue weighted by atomic mass is 10.2. The fourth-order valence-corrected chi connectivity index (χ4v) is 4.32. The van der Waals surface area contributed by atoms with Crippen molar-refractivity contribution in [2.75, 3.05) is 27.2 Å². The number of carbonyl (C=O) groups excluding carboxylic acids is 2. The van der Waals surface area contributed by atoms with Crippen molar-refractivity contribution in [1.29, 1.82) is 0 Å². The third-order valence-corrected chi connectivity index (χ3v) is 6.09. The van der Waals surface area contributed by atoms with Gasteiger partial charge < -0.3 is 9.64 Å². The van der Waals surface area contributed by atoms with Crippen LogP contribution in [0.2, 0.25) is 0 Å². The Labute approximate surface area is 152 Å². The predicted octanol–water partition coefficient (Wildman–Crippen LogP) is 1.63. The van der Waals surface area contributed by atoms with Gasteiger partial charge in [0.1, 0.15) is 10.7 Å². The normalized spacial score (nSPS) is 16.8. The minimum atomic E-state index is -4.03. The molecule has 2 rings (SSSR count). The Bertz CT molecular complexity index is 788. The first kappa shape index (κ1) is 20.3. The van der Waals surface area contributed by atoms with E-state index in [9.17, 15) is 22.4 Å². The van der Waals surface area contributed by atoms with Gasteiger partial charge in [0, 0.05) is 27.2 Å². The number of ether oxygens (including phenoxy) is 1. The lowest BCUT2D eigenvalue weighted by Gasteiger charge is -2.26. The minimum absolute atomic E-state index is 0.125. The van der Waals surface area contributed by atoms with Crippen LogP contribution in [-0.4, -0.2) is 62.8 Å². The predicted molar refractivity (Wildman–Crippen MR) is 92.6 cm³/mol. The summed E-state index contributed by atoms with van der Waals surface area (Å²) in [6, 6.07) is 3.03. The Morgan fingerprint density at radius 3 is 2.38 bits per heavy atom. The van der Waals surface area contributed by atoms with Crippen molar-refractivity contribution in [2.24, 2.45) is 0 Å². The molecule has 0 radical (unpaired) electrons. The number of hydrogen-bond donors (Lipinski definition) is 0. The molecule has 0 bridgehead atoms. The Hall–Kier alpha value is -2.00. The quantitative estimate of drug-likeness (QED) is 0.718. The average Bonchev–Trinajstić information content (AvgIpc) is 2.61. The summed E-state index contributed by atoms with van der Waals surface area (Å²) in [5, 5.41) is 0. The zero-order valence-electron chi connectivity index (χ0n) is 15.1. The Balaban J connectivity index is 2.26. The van der Waals surface area contributed by atoms with Gasteiger partial charge in [0.2, 0.25) is 10.0 Å². The maximum absolute atomic E-state index is 14.2. The molecule has 1 aliphatic rings. The number of likely N-dealkylation sites (N-methyl/N-ethyl adjacent to an activating group) is 1. The number of carbonyl (C=O) groups is 2. The molecular weight excluding hydrogens is 363 g/mol. The van der Waals surface area contributed by atoms with Crippen molar-refractivity contribution in [3.05, 3.63) is 29.6 Å². The van der Waals surface area contributed by atoms with Gasteiger partial charge in [-0.2, -0.15) is 4.31 Å². The number of rotatable bonds is 5. The molecule has 0 spiro atoms. The molecule has 1 amide bonds. The summed E-state index contributed by atoms with van der Waals surface area (Å²) in [5.74, 6) is -2.23. The first-order valence-corrected chi connectivity index (χ1v) is 9.80. The largest absolute Gasteiger partial charge is 0.449 e. The topological polar surface area (TPSA) is 84.0 Å². The second-order valence-corrected chi connectivity index (χ2v) is 8.30. The second kappa shape index (κ2) is 8.13. The molecule has 0 aromatic heterocycles. The lowest BCUT2D eigenvalue weighted by molar-refractivity contribution is -0.137. The molecular formula is C17H23FN2O5S. The molecule has 0 saturated carbocycles. The van der Waals surface area contributed by atoms with E-state index in [1.54, 1.807) is 0 Å². The number of benzene rings is 1. The number of nitrogens with zero attached hydrogens (tertiary/aromatic N) is 2. The van der Waals surface area contributed by atoms with Crippen LogP contribution < -0.4 is 0 Å². The highest BCUT2D eigenvalue weighted by atomic mass is 32.2. The Morgan fingerprint density at radius 1 is 1.19 bits per heavy atom. The number of esters is 1. The fraction of sp³-hybridized carbons (Fsp3) is 0.529. The van der Waals surface area contributed by atoms with Crippen molar-refractivity contribution >= 4 is 21.9 Å². The maximum Gasteiger partial charge on any atom is 0.338 e. The van der Waals surface area contributed by atoms with Crippen LogP contribution in [-0.2, 0) is 19.6 Å². The summed E-state index contributed by atoms with van der Waals surface area (Å²) in [6.07, 6.45) is 1.32. The van der Waals surface area contributed by atoms with E-state index >= 15 is 0 Å². The Morgan fingerprint density at radius 2 is 1.81 bits per heavy atom. The van der Waals surface area contributed by atoms with Crippen LogP contribution >= 0.6 is 0 Å². The fourth-order valence-electron chi connectivity index (χ4n) is 2.71. The molecule has 144 valence electrons. The van der Waals surface area contributed by atoms with Crippen molar-refractivity contribution < 1.29 is 27.1 Å². The monoisotopic (exact) mass is 386 g/mol. The number of amides is 1. The summed E-state index contributed by atoms with van der Waals surface area (Å²) >= 11 is 0. The number of hydrogen-bond acceptors (Lipinski definition) is 5.